The Bertz CT molecular complexity index is 4050. The molecule has 9 rings (SSSR count). The normalized spacial score (nSPS) is 12.8. The van der Waals surface area contributed by atoms with Gasteiger partial charge in [-0.2, -0.15) is 0 Å². The number of nitrogens with zero attached hydrogens (tertiary/aromatic N) is 16. The van der Waals surface area contributed by atoms with Gasteiger partial charge in [0, 0.05) is 63.9 Å². The SMILES string of the molecule is COCCOCCOCCOc1ccc(/C(=C2N=C(/C=C/c3ccc(N(Cc4cn(CCOCCOCCOC)nn4)Cc4cn(CCOCCOCCOC)nn4)cc3)C=C/2C)c2c(C)cc(/C=C/c3ccc(N(Cc4cn(CCOCCOCCOC)nn4)Cc4cn(CCOCCOCCOC)nn4)cc3)n2B(F)F)cc1. The van der Waals surface area contributed by atoms with E-state index >= 15 is 8.63 Å². The molecule has 3 aromatic carbocycles. The Morgan fingerprint density at radius 2 is 0.722 bits per heavy atom. The molecular weight excluding hydrogens is 1490 g/mol. The zero-order chi connectivity index (χ0) is 80.7. The average molecular weight is 1600 g/mol. The molecule has 6 heterocycles. The number of anilines is 2. The second kappa shape index (κ2) is 52.4. The summed E-state index contributed by atoms with van der Waals surface area (Å²) in [5.41, 5.74) is 10.7. The maximum atomic E-state index is 16.2. The fourth-order valence-electron chi connectivity index (χ4n) is 11.8. The van der Waals surface area contributed by atoms with Crippen molar-refractivity contribution in [1.29, 1.82) is 0 Å². The fourth-order valence-corrected chi connectivity index (χ4v) is 11.8. The molecule has 1 aliphatic heterocycles. The van der Waals surface area contributed by atoms with E-state index in [2.05, 4.69) is 51.0 Å². The van der Waals surface area contributed by atoms with E-state index in [1.165, 1.54) is 0 Å². The lowest BCUT2D eigenvalue weighted by Gasteiger charge is -2.23. The number of aliphatic imine (C=N–C) groups is 1. The molecule has 0 fully saturated rings. The highest BCUT2D eigenvalue weighted by atomic mass is 19.2. The molecule has 0 unspecified atom stereocenters. The van der Waals surface area contributed by atoms with Gasteiger partial charge in [-0.1, -0.05) is 69.4 Å². The first-order valence-corrected chi connectivity index (χ1v) is 38.6. The third-order valence-electron chi connectivity index (χ3n) is 17.6. The topological polar surface area (TPSA) is 294 Å². The van der Waals surface area contributed by atoms with E-state index in [0.717, 1.165) is 55.3 Å². The number of hydrogen-bond acceptors (Lipinski definition) is 27. The van der Waals surface area contributed by atoms with E-state index in [9.17, 15) is 0 Å². The summed E-state index contributed by atoms with van der Waals surface area (Å²) < 4.78 is 128. The standard InChI is InChI=1S/C80H111BF2N16O16/c1-64-54-69(16-8-66-9-17-74(18-10-66)93(56-70-60-95(89-85-70)24-28-105-42-46-109-37-32-100-3)57-71-61-96(90-86-71)25-29-106-43-47-110-38-33-101-4)84-79(64)78(68-14-22-77(23-15-68)115-53-52-114-51-50-113-41-36-104-7)80-65(2)55-76(99(80)81(82)83)21-13-67-11-19-75(20-12-67)94(58-72-62-97(91-87-72)26-30-107-44-48-111-39-34-102-5)59-73-63-98(92-88-73)27-31-108-45-49-112-40-35-103-6/h8-23,54-55,60-63H,24-53,56-59H2,1-7H3/b16-8+,21-13+,79-78-. The highest BCUT2D eigenvalue weighted by molar-refractivity contribution is 6.42. The van der Waals surface area contributed by atoms with Crippen molar-refractivity contribution in [2.75, 3.05) is 217 Å². The van der Waals surface area contributed by atoms with Crippen LogP contribution < -0.4 is 14.5 Å². The molecule has 624 valence electrons. The van der Waals surface area contributed by atoms with Gasteiger partial charge in [-0.05, 0) is 102 Å². The van der Waals surface area contributed by atoms with Crippen LogP contribution in [0.25, 0.3) is 23.8 Å². The Labute approximate surface area is 671 Å². The average Bonchev–Trinajstić information content (AvgIpc) is 1.62. The number of hydrogen-bond donors (Lipinski definition) is 0. The summed E-state index contributed by atoms with van der Waals surface area (Å²) in [5, 5.41) is 35.7. The zero-order valence-electron chi connectivity index (χ0n) is 67.3. The van der Waals surface area contributed by atoms with Crippen LogP contribution >= 0.6 is 0 Å². The van der Waals surface area contributed by atoms with Crippen molar-refractivity contribution >= 4 is 48.3 Å². The minimum absolute atomic E-state index is 0.284. The Morgan fingerprint density at radius 1 is 0.391 bits per heavy atom. The largest absolute Gasteiger partial charge is 0.678 e. The summed E-state index contributed by atoms with van der Waals surface area (Å²) in [6, 6.07) is 25.2. The summed E-state index contributed by atoms with van der Waals surface area (Å²) in [7, 11) is 5.22. The smallest absolute Gasteiger partial charge is 0.491 e. The first kappa shape index (κ1) is 89.8. The highest BCUT2D eigenvalue weighted by Gasteiger charge is 2.30. The van der Waals surface area contributed by atoms with Crippen LogP contribution in [-0.2, 0) is 123 Å². The van der Waals surface area contributed by atoms with Crippen LogP contribution in [0.1, 0.15) is 63.3 Å². The molecule has 0 N–H and O–H groups in total. The van der Waals surface area contributed by atoms with Crippen LogP contribution in [0, 0.1) is 6.92 Å². The first-order valence-electron chi connectivity index (χ1n) is 38.6. The molecule has 0 spiro atoms. The van der Waals surface area contributed by atoms with E-state index in [1.807, 2.05) is 136 Å². The van der Waals surface area contributed by atoms with Gasteiger partial charge in [-0.25, -0.2) is 23.7 Å². The van der Waals surface area contributed by atoms with Crippen molar-refractivity contribution in [2.45, 2.75) is 66.2 Å². The molecule has 115 heavy (non-hydrogen) atoms. The van der Waals surface area contributed by atoms with Gasteiger partial charge >= 0.3 is 7.40 Å². The van der Waals surface area contributed by atoms with Gasteiger partial charge in [-0.3, -0.25) is 8.63 Å². The summed E-state index contributed by atoms with van der Waals surface area (Å²) in [5.74, 6) is 0.581. The Hall–Kier alpha value is -9.15. The Morgan fingerprint density at radius 3 is 1.07 bits per heavy atom. The van der Waals surface area contributed by atoms with Crippen LogP contribution in [0.4, 0.5) is 20.0 Å². The number of benzene rings is 3. The molecule has 0 radical (unpaired) electrons. The van der Waals surface area contributed by atoms with E-state index in [0.29, 0.717) is 263 Å². The molecular formula is C80H111BF2N16O16. The van der Waals surface area contributed by atoms with Crippen LogP contribution in [0.15, 0.2) is 132 Å². The molecule has 0 atom stereocenters. The minimum Gasteiger partial charge on any atom is -0.491 e. The molecule has 0 saturated heterocycles. The molecule has 0 amide bonds. The highest BCUT2D eigenvalue weighted by Crippen LogP contribution is 2.39. The number of halogens is 2. The van der Waals surface area contributed by atoms with Crippen molar-refractivity contribution in [3.05, 3.63) is 183 Å². The molecule has 5 aromatic heterocycles. The third kappa shape index (κ3) is 32.1. The van der Waals surface area contributed by atoms with E-state index in [4.69, 9.17) is 80.8 Å². The van der Waals surface area contributed by atoms with Crippen molar-refractivity contribution in [3.8, 4) is 5.75 Å². The van der Waals surface area contributed by atoms with E-state index in [-0.39, 0.29) is 6.61 Å². The summed E-state index contributed by atoms with van der Waals surface area (Å²) in [4.78, 5) is 9.51. The minimum atomic E-state index is -2.95. The van der Waals surface area contributed by atoms with Gasteiger partial charge in [0.25, 0.3) is 0 Å². The summed E-state index contributed by atoms with van der Waals surface area (Å²) in [6.07, 6.45) is 17.0. The maximum Gasteiger partial charge on any atom is 0.678 e. The molecule has 32 nitrogen and oxygen atoms in total. The molecule has 0 saturated carbocycles. The second-order valence-electron chi connectivity index (χ2n) is 26.3. The van der Waals surface area contributed by atoms with Gasteiger partial charge in [0.2, 0.25) is 0 Å². The number of methoxy groups -OCH3 is 5. The lowest BCUT2D eigenvalue weighted by atomic mass is 9.94. The number of allylic oxidation sites excluding steroid dienone is 3. The quantitative estimate of drug-likeness (QED) is 0.0256. The molecule has 35 heteroatoms. The summed E-state index contributed by atoms with van der Waals surface area (Å²) in [6.45, 7) is 19.3. The molecule has 0 bridgehead atoms. The van der Waals surface area contributed by atoms with Gasteiger partial charge in [-0.15, -0.1) is 20.4 Å². The number of aryl methyl sites for hydroxylation is 1. The van der Waals surface area contributed by atoms with Gasteiger partial charge in [0.1, 0.15) is 35.1 Å². The number of aromatic nitrogens is 13. The second-order valence-corrected chi connectivity index (χ2v) is 26.3. The first-order chi connectivity index (χ1) is 56.5. The van der Waals surface area contributed by atoms with Gasteiger partial charge < -0.3 is 90.1 Å². The van der Waals surface area contributed by atoms with Crippen molar-refractivity contribution in [3.63, 3.8) is 0 Å². The maximum absolute atomic E-state index is 16.2. The fraction of sp³-hybridized carbons (Fsp3) is 0.512. The predicted molar refractivity (Wildman–Crippen MR) is 430 cm³/mol. The molecule has 0 aliphatic carbocycles. The Balaban J connectivity index is 0.941. The van der Waals surface area contributed by atoms with Crippen LogP contribution in [0.2, 0.25) is 0 Å². The predicted octanol–water partition coefficient (Wildman–Crippen LogP) is 8.17. The van der Waals surface area contributed by atoms with E-state index < -0.39 is 7.40 Å². The zero-order valence-corrected chi connectivity index (χ0v) is 67.3. The molecule has 1 aliphatic rings. The number of rotatable bonds is 63. The van der Waals surface area contributed by atoms with Crippen LogP contribution in [-0.4, -0.2) is 285 Å². The van der Waals surface area contributed by atoms with Crippen molar-refractivity contribution in [2.24, 2.45) is 4.99 Å². The van der Waals surface area contributed by atoms with Crippen molar-refractivity contribution < 1.29 is 84.4 Å². The Kier molecular flexibility index (Phi) is 40.9. The van der Waals surface area contributed by atoms with Gasteiger partial charge in [0.05, 0.1) is 254 Å². The number of ether oxygens (including phenoxy) is 16. The van der Waals surface area contributed by atoms with E-state index in [1.54, 1.807) is 66.4 Å². The third-order valence-corrected chi connectivity index (χ3v) is 17.6. The lowest BCUT2D eigenvalue weighted by molar-refractivity contribution is 0.0180. The molecule has 8 aromatic rings. The lowest BCUT2D eigenvalue weighted by Crippen LogP contribution is -2.22. The van der Waals surface area contributed by atoms with Gasteiger partial charge in [0.15, 0.2) is 0 Å². The summed E-state index contributed by atoms with van der Waals surface area (Å²) >= 11 is 0. The van der Waals surface area contributed by atoms with Crippen molar-refractivity contribution in [1.82, 2.24) is 64.5 Å². The van der Waals surface area contributed by atoms with Crippen LogP contribution in [0.3, 0.4) is 0 Å². The van der Waals surface area contributed by atoms with Crippen LogP contribution in [0.5, 0.6) is 5.75 Å². The monoisotopic (exact) mass is 1600 g/mol.